The van der Waals surface area contributed by atoms with Crippen LogP contribution < -0.4 is 10.2 Å². The maximum Gasteiger partial charge on any atom is 0.272 e. The summed E-state index contributed by atoms with van der Waals surface area (Å²) in [5.41, 5.74) is 2.59. The maximum absolute atomic E-state index is 12.6. The predicted molar refractivity (Wildman–Crippen MR) is 97.5 cm³/mol. The van der Waals surface area contributed by atoms with E-state index < -0.39 is 0 Å². The number of rotatable bonds is 5. The lowest BCUT2D eigenvalue weighted by Crippen LogP contribution is -2.49. The third-order valence-electron chi connectivity index (χ3n) is 4.12. The van der Waals surface area contributed by atoms with E-state index in [0.29, 0.717) is 25.3 Å². The van der Waals surface area contributed by atoms with Crippen molar-refractivity contribution in [2.24, 2.45) is 0 Å². The second kappa shape index (κ2) is 7.64. The van der Waals surface area contributed by atoms with Crippen LogP contribution in [0.5, 0.6) is 0 Å². The summed E-state index contributed by atoms with van der Waals surface area (Å²) in [6.45, 7) is 7.45. The van der Waals surface area contributed by atoms with Gasteiger partial charge in [-0.3, -0.25) is 4.79 Å². The molecule has 0 atom stereocenters. The van der Waals surface area contributed by atoms with Gasteiger partial charge in [-0.15, -0.1) is 6.58 Å². The molecule has 1 fully saturated rings. The van der Waals surface area contributed by atoms with Crippen LogP contribution in [0.3, 0.4) is 0 Å². The minimum absolute atomic E-state index is 0.00187. The highest BCUT2D eigenvalue weighted by molar-refractivity contribution is 5.92. The summed E-state index contributed by atoms with van der Waals surface area (Å²) in [5.74, 6) is -0.00187. The molecular formula is C19H22N4O. The van der Waals surface area contributed by atoms with Crippen LogP contribution in [-0.4, -0.2) is 48.5 Å². The van der Waals surface area contributed by atoms with Gasteiger partial charge in [-0.1, -0.05) is 24.3 Å². The van der Waals surface area contributed by atoms with Crippen molar-refractivity contribution < 1.29 is 4.79 Å². The average molecular weight is 322 g/mol. The quantitative estimate of drug-likeness (QED) is 0.860. The summed E-state index contributed by atoms with van der Waals surface area (Å²) in [7, 11) is 0. The van der Waals surface area contributed by atoms with E-state index in [1.165, 1.54) is 5.69 Å². The Morgan fingerprint density at radius 1 is 1.12 bits per heavy atom. The Hall–Kier alpha value is -2.82. The molecule has 0 bridgehead atoms. The number of pyridine rings is 1. The van der Waals surface area contributed by atoms with Gasteiger partial charge in [-0.05, 0) is 24.3 Å². The number of aromatic nitrogens is 1. The third kappa shape index (κ3) is 3.74. The number of benzene rings is 1. The van der Waals surface area contributed by atoms with E-state index in [2.05, 4.69) is 33.9 Å². The fourth-order valence-electron chi connectivity index (χ4n) is 2.78. The van der Waals surface area contributed by atoms with Crippen molar-refractivity contribution in [2.45, 2.75) is 0 Å². The Balaban J connectivity index is 1.58. The molecule has 1 aliphatic rings. The minimum Gasteiger partial charge on any atom is -0.380 e. The summed E-state index contributed by atoms with van der Waals surface area (Å²) in [6, 6.07) is 14.0. The van der Waals surface area contributed by atoms with Gasteiger partial charge in [0.1, 0.15) is 5.69 Å². The Bertz CT molecular complexity index is 676. The van der Waals surface area contributed by atoms with Crippen molar-refractivity contribution in [2.75, 3.05) is 42.9 Å². The molecule has 0 radical (unpaired) electrons. The lowest BCUT2D eigenvalue weighted by Gasteiger charge is -2.36. The first-order valence-electron chi connectivity index (χ1n) is 8.18. The van der Waals surface area contributed by atoms with Gasteiger partial charge in [-0.2, -0.15) is 0 Å². The van der Waals surface area contributed by atoms with Crippen molar-refractivity contribution in [3.63, 3.8) is 0 Å². The van der Waals surface area contributed by atoms with Crippen LogP contribution >= 0.6 is 0 Å². The van der Waals surface area contributed by atoms with E-state index in [9.17, 15) is 4.79 Å². The Morgan fingerprint density at radius 2 is 1.88 bits per heavy atom. The standard InChI is InChI=1S/C19H22N4O/c1-2-10-20-16-8-9-18(21-15-16)19(24)23-13-11-22(12-14-23)17-6-4-3-5-7-17/h2-9,15,20H,1,10-14H2. The minimum atomic E-state index is -0.00187. The number of hydrogen-bond donors (Lipinski definition) is 1. The largest absolute Gasteiger partial charge is 0.380 e. The van der Waals surface area contributed by atoms with Gasteiger partial charge in [0.05, 0.1) is 11.9 Å². The smallest absolute Gasteiger partial charge is 0.272 e. The molecule has 24 heavy (non-hydrogen) atoms. The highest BCUT2D eigenvalue weighted by atomic mass is 16.2. The van der Waals surface area contributed by atoms with E-state index in [1.54, 1.807) is 18.3 Å². The van der Waals surface area contributed by atoms with Crippen molar-refractivity contribution in [3.05, 3.63) is 67.0 Å². The number of carbonyl (C=O) groups is 1. The molecule has 5 heteroatoms. The Kier molecular flexibility index (Phi) is 5.11. The summed E-state index contributed by atoms with van der Waals surface area (Å²) in [4.78, 5) is 21.0. The highest BCUT2D eigenvalue weighted by Gasteiger charge is 2.22. The molecule has 1 aromatic heterocycles. The fraction of sp³-hybridized carbons (Fsp3) is 0.263. The predicted octanol–water partition coefficient (Wildman–Crippen LogP) is 2.64. The van der Waals surface area contributed by atoms with E-state index in [1.807, 2.05) is 29.2 Å². The van der Waals surface area contributed by atoms with Gasteiger partial charge >= 0.3 is 0 Å². The van der Waals surface area contributed by atoms with Gasteiger partial charge in [-0.25, -0.2) is 4.98 Å². The third-order valence-corrected chi connectivity index (χ3v) is 4.12. The number of piperazine rings is 1. The van der Waals surface area contributed by atoms with Crippen molar-refractivity contribution in [3.8, 4) is 0 Å². The van der Waals surface area contributed by atoms with Gasteiger partial charge in [0.2, 0.25) is 0 Å². The average Bonchev–Trinajstić information content (AvgIpc) is 2.67. The van der Waals surface area contributed by atoms with E-state index in [-0.39, 0.29) is 5.91 Å². The Labute approximate surface area is 142 Å². The molecule has 124 valence electrons. The molecule has 1 aromatic carbocycles. The zero-order valence-electron chi connectivity index (χ0n) is 13.7. The molecule has 5 nitrogen and oxygen atoms in total. The van der Waals surface area contributed by atoms with Crippen LogP contribution in [0.1, 0.15) is 10.5 Å². The second-order valence-electron chi connectivity index (χ2n) is 5.72. The number of carbonyl (C=O) groups excluding carboxylic acids is 1. The highest BCUT2D eigenvalue weighted by Crippen LogP contribution is 2.16. The molecule has 1 saturated heterocycles. The molecule has 1 amide bonds. The van der Waals surface area contributed by atoms with Crippen LogP contribution in [0.15, 0.2) is 61.3 Å². The van der Waals surface area contributed by atoms with Crippen LogP contribution in [0.4, 0.5) is 11.4 Å². The fourth-order valence-corrected chi connectivity index (χ4v) is 2.78. The second-order valence-corrected chi connectivity index (χ2v) is 5.72. The monoisotopic (exact) mass is 322 g/mol. The van der Waals surface area contributed by atoms with Gasteiger partial charge in [0, 0.05) is 38.4 Å². The first kappa shape index (κ1) is 16.1. The SMILES string of the molecule is C=CCNc1ccc(C(=O)N2CCN(c3ccccc3)CC2)nc1. The van der Waals surface area contributed by atoms with E-state index in [4.69, 9.17) is 0 Å². The van der Waals surface area contributed by atoms with Gasteiger partial charge in [0.15, 0.2) is 0 Å². The Morgan fingerprint density at radius 3 is 2.50 bits per heavy atom. The number of nitrogens with zero attached hydrogens (tertiary/aromatic N) is 3. The van der Waals surface area contributed by atoms with Crippen LogP contribution in [0.2, 0.25) is 0 Å². The maximum atomic E-state index is 12.6. The molecule has 2 aromatic rings. The molecule has 0 aliphatic carbocycles. The van der Waals surface area contributed by atoms with E-state index in [0.717, 1.165) is 18.8 Å². The van der Waals surface area contributed by atoms with Crippen molar-refractivity contribution in [1.82, 2.24) is 9.88 Å². The van der Waals surface area contributed by atoms with Gasteiger partial charge < -0.3 is 15.1 Å². The first-order valence-corrected chi connectivity index (χ1v) is 8.18. The zero-order chi connectivity index (χ0) is 16.8. The van der Waals surface area contributed by atoms with Crippen molar-refractivity contribution >= 4 is 17.3 Å². The zero-order valence-corrected chi connectivity index (χ0v) is 13.7. The molecule has 0 spiro atoms. The van der Waals surface area contributed by atoms with E-state index >= 15 is 0 Å². The number of anilines is 2. The molecule has 1 N–H and O–H groups in total. The topological polar surface area (TPSA) is 48.5 Å². The summed E-state index contributed by atoms with van der Waals surface area (Å²) >= 11 is 0. The van der Waals surface area contributed by atoms with Crippen molar-refractivity contribution in [1.29, 1.82) is 0 Å². The molecule has 0 unspecified atom stereocenters. The molecule has 1 aliphatic heterocycles. The summed E-state index contributed by atoms with van der Waals surface area (Å²) in [6.07, 6.45) is 3.47. The number of hydrogen-bond acceptors (Lipinski definition) is 4. The summed E-state index contributed by atoms with van der Waals surface area (Å²) < 4.78 is 0. The summed E-state index contributed by atoms with van der Waals surface area (Å²) in [5, 5.41) is 3.15. The normalized spacial score (nSPS) is 14.3. The van der Waals surface area contributed by atoms with Crippen LogP contribution in [0.25, 0.3) is 0 Å². The van der Waals surface area contributed by atoms with Gasteiger partial charge in [0.25, 0.3) is 5.91 Å². The molecule has 2 heterocycles. The number of amides is 1. The lowest BCUT2D eigenvalue weighted by atomic mass is 10.2. The number of nitrogens with one attached hydrogen (secondary N) is 1. The lowest BCUT2D eigenvalue weighted by molar-refractivity contribution is 0.0741. The van der Waals surface area contributed by atoms with Crippen LogP contribution in [-0.2, 0) is 0 Å². The number of para-hydroxylation sites is 1. The molecular weight excluding hydrogens is 300 g/mol. The molecule has 0 saturated carbocycles. The van der Waals surface area contributed by atoms with Crippen LogP contribution in [0, 0.1) is 0 Å². The molecule has 3 rings (SSSR count). The first-order chi connectivity index (χ1) is 11.8.